The lowest BCUT2D eigenvalue weighted by molar-refractivity contribution is 0.768. The average molecular weight is 1120 g/mol. The fourth-order valence-electron chi connectivity index (χ4n) is 14.8. The van der Waals surface area contributed by atoms with Gasteiger partial charge in [-0.15, -0.1) is 11.3 Å². The molecule has 4 nitrogen and oxygen atoms in total. The van der Waals surface area contributed by atoms with Crippen LogP contribution >= 0.6 is 11.3 Å². The minimum Gasteiger partial charge on any atom is -0.242 e. The van der Waals surface area contributed by atoms with E-state index < -0.39 is 10.8 Å². The number of hydrogen-bond donors (Lipinski definition) is 0. The maximum Gasteiger partial charge on any atom is 0.187 e. The molecule has 0 fully saturated rings. The van der Waals surface area contributed by atoms with Crippen LogP contribution in [0.15, 0.2) is 291 Å². The molecule has 2 aromatic heterocycles. The monoisotopic (exact) mass is 1120 g/mol. The maximum absolute atomic E-state index is 9.76. The summed E-state index contributed by atoms with van der Waals surface area (Å²) in [6, 6.07) is 107. The zero-order valence-electron chi connectivity index (χ0n) is 46.9. The Bertz CT molecular complexity index is 4970. The van der Waals surface area contributed by atoms with E-state index in [4.69, 9.17) is 16.5 Å². The zero-order valence-corrected chi connectivity index (χ0v) is 47.7. The van der Waals surface area contributed by atoms with Gasteiger partial charge in [0.25, 0.3) is 0 Å². The number of fused-ring (bicyclic) bond motifs is 13. The molecule has 0 atom stereocenters. The highest BCUT2D eigenvalue weighted by atomic mass is 32.1. The Kier molecular flexibility index (Phi) is 11.3. The van der Waals surface area contributed by atoms with Crippen molar-refractivity contribution < 1.29 is 0 Å². The summed E-state index contributed by atoms with van der Waals surface area (Å²) in [5, 5.41) is 13.8. The Morgan fingerprint density at radius 1 is 0.333 bits per heavy atom. The molecule has 2 aliphatic rings. The molecule has 0 aliphatic heterocycles. The number of rotatable bonds is 8. The molecular formula is C82H48N4S. The largest absolute Gasteiger partial charge is 0.242 e. The number of nitrogens with zero attached hydrogens (tertiary/aromatic N) is 4. The van der Waals surface area contributed by atoms with Crippen LogP contribution in [-0.2, 0) is 10.8 Å². The summed E-state index contributed by atoms with van der Waals surface area (Å²) >= 11 is 1.80. The van der Waals surface area contributed by atoms with E-state index in [0.717, 1.165) is 86.7 Å². The fraction of sp³-hybridized carbons (Fsp3) is 0.0244. The third-order valence-electron chi connectivity index (χ3n) is 18.5. The van der Waals surface area contributed by atoms with Crippen LogP contribution in [0.25, 0.3) is 114 Å². The molecule has 15 aromatic rings. The van der Waals surface area contributed by atoms with Gasteiger partial charge in [0.05, 0.1) is 49.8 Å². The molecule has 0 spiro atoms. The predicted octanol–water partition coefficient (Wildman–Crippen LogP) is 21.0. The predicted molar refractivity (Wildman–Crippen MR) is 357 cm³/mol. The Hall–Kier alpha value is -11.3. The van der Waals surface area contributed by atoms with Crippen molar-refractivity contribution in [2.75, 3.05) is 0 Å². The van der Waals surface area contributed by atoms with Crippen LogP contribution in [0.3, 0.4) is 0 Å². The van der Waals surface area contributed by atoms with Crippen LogP contribution in [0, 0.1) is 17.9 Å². The second-order valence-electron chi connectivity index (χ2n) is 22.8. The summed E-state index contributed by atoms with van der Waals surface area (Å²) in [6.07, 6.45) is 0. The van der Waals surface area contributed by atoms with Crippen LogP contribution < -0.4 is 0 Å². The Labute approximate surface area is 507 Å². The van der Waals surface area contributed by atoms with Crippen LogP contribution in [0.4, 0.5) is 5.69 Å². The van der Waals surface area contributed by atoms with Gasteiger partial charge < -0.3 is 0 Å². The van der Waals surface area contributed by atoms with Gasteiger partial charge in [-0.3, -0.25) is 0 Å². The Morgan fingerprint density at radius 3 is 1.09 bits per heavy atom. The molecule has 0 bridgehead atoms. The van der Waals surface area contributed by atoms with Crippen LogP contribution in [-0.4, -0.2) is 9.97 Å². The number of aromatic nitrogens is 2. The zero-order chi connectivity index (χ0) is 57.8. The van der Waals surface area contributed by atoms with Crippen LogP contribution in [0.1, 0.15) is 50.1 Å². The second-order valence-corrected chi connectivity index (χ2v) is 23.8. The van der Waals surface area contributed by atoms with Gasteiger partial charge in [0, 0.05) is 21.9 Å². The number of benzene rings is 13. The van der Waals surface area contributed by atoms with Crippen molar-refractivity contribution in [3.8, 4) is 71.5 Å². The van der Waals surface area contributed by atoms with E-state index in [1.54, 1.807) is 11.3 Å². The van der Waals surface area contributed by atoms with Crippen molar-refractivity contribution in [3.05, 3.63) is 353 Å². The van der Waals surface area contributed by atoms with Gasteiger partial charge in [-0.05, 0) is 124 Å². The van der Waals surface area contributed by atoms with Gasteiger partial charge in [-0.2, -0.15) is 5.26 Å². The lowest BCUT2D eigenvalue weighted by Crippen LogP contribution is -2.28. The average Bonchev–Trinajstić information content (AvgIpc) is 1.63. The molecule has 0 saturated carbocycles. The van der Waals surface area contributed by atoms with E-state index in [1.807, 2.05) is 48.5 Å². The smallest absolute Gasteiger partial charge is 0.187 e. The van der Waals surface area contributed by atoms with Crippen molar-refractivity contribution in [2.45, 2.75) is 10.8 Å². The highest BCUT2D eigenvalue weighted by Crippen LogP contribution is 2.62. The van der Waals surface area contributed by atoms with Crippen LogP contribution in [0.5, 0.6) is 0 Å². The van der Waals surface area contributed by atoms with E-state index >= 15 is 0 Å². The third-order valence-corrected chi connectivity index (χ3v) is 19.7. The first-order valence-electron chi connectivity index (χ1n) is 29.4. The summed E-state index contributed by atoms with van der Waals surface area (Å²) in [6.45, 7) is 7.68. The molecular weight excluding hydrogens is 1070 g/mol. The van der Waals surface area contributed by atoms with Gasteiger partial charge in [0.2, 0.25) is 0 Å². The third kappa shape index (κ3) is 7.28. The standard InChI is InChI=1S/C82H48N4S/c1-84-60-44-40-53(41-45-60)55-43-47-62-68(49-55)67-48-54(52-38-36-51(50-83)37-39-52)42-46-61(67)75-76(62)86-78-77(85-75)79(65-30-18-34-71-73(65)63-28-14-16-32-69(63)81(71,56-20-6-2-7-21-56)57-22-8-3-9-23-57)87-80(78)66-31-19-35-72-74(66)64-29-15-17-33-70(64)82(72,58-24-10-4-11-25-58)59-26-12-5-13-27-59/h2-49H. The van der Waals surface area contributed by atoms with E-state index in [9.17, 15) is 5.26 Å². The van der Waals surface area contributed by atoms with Gasteiger partial charge in [-0.25, -0.2) is 14.8 Å². The molecule has 0 radical (unpaired) electrons. The Morgan fingerprint density at radius 2 is 0.690 bits per heavy atom. The van der Waals surface area contributed by atoms with Gasteiger partial charge in [-0.1, -0.05) is 267 Å². The van der Waals surface area contributed by atoms with E-state index in [1.165, 1.54) is 66.8 Å². The summed E-state index contributed by atoms with van der Waals surface area (Å²) in [4.78, 5) is 18.0. The number of hydrogen-bond acceptors (Lipinski definition) is 4. The van der Waals surface area contributed by atoms with Crippen molar-refractivity contribution >= 4 is 60.6 Å². The lowest BCUT2D eigenvalue weighted by Gasteiger charge is -2.34. The topological polar surface area (TPSA) is 53.9 Å². The molecule has 0 saturated heterocycles. The SMILES string of the molecule is [C-]#[N+]c1ccc(-c2ccc3c(c2)c2cc(-c4ccc(C#N)cc4)ccc2c2nc4c(-c5cccc6c5-c5ccccc5C6(c5ccccc5)c5ccccc5)sc(-c5cccc6c5-c5ccccc5C6(c5ccccc5)c5ccccc5)c4nc32)cc1. The molecule has 13 aromatic carbocycles. The highest BCUT2D eigenvalue weighted by Gasteiger charge is 2.49. The summed E-state index contributed by atoms with van der Waals surface area (Å²) in [5.41, 5.74) is 24.2. The van der Waals surface area contributed by atoms with Crippen molar-refractivity contribution in [3.63, 3.8) is 0 Å². The lowest BCUT2D eigenvalue weighted by atomic mass is 9.67. The summed E-state index contributed by atoms with van der Waals surface area (Å²) < 4.78 is 0. The highest BCUT2D eigenvalue weighted by molar-refractivity contribution is 7.21. The molecule has 17 rings (SSSR count). The second kappa shape index (κ2) is 19.6. The van der Waals surface area contributed by atoms with E-state index in [-0.39, 0.29) is 0 Å². The van der Waals surface area contributed by atoms with E-state index in [0.29, 0.717) is 11.3 Å². The first-order chi connectivity index (χ1) is 43.1. The summed E-state index contributed by atoms with van der Waals surface area (Å²) in [5.74, 6) is 0. The van der Waals surface area contributed by atoms with Crippen molar-refractivity contribution in [2.24, 2.45) is 0 Å². The van der Waals surface area contributed by atoms with Gasteiger partial charge in [0.1, 0.15) is 11.0 Å². The van der Waals surface area contributed by atoms with Crippen LogP contribution in [0.2, 0.25) is 0 Å². The maximum atomic E-state index is 9.76. The Balaban J connectivity index is 1.01. The van der Waals surface area contributed by atoms with E-state index in [2.05, 4.69) is 254 Å². The number of nitriles is 1. The molecule has 2 aliphatic carbocycles. The first kappa shape index (κ1) is 50.2. The van der Waals surface area contributed by atoms with Crippen molar-refractivity contribution in [1.29, 1.82) is 5.26 Å². The first-order valence-corrected chi connectivity index (χ1v) is 30.2. The normalized spacial score (nSPS) is 13.2. The molecule has 0 unspecified atom stereocenters. The molecule has 0 amide bonds. The molecule has 0 N–H and O–H groups in total. The van der Waals surface area contributed by atoms with Crippen molar-refractivity contribution in [1.82, 2.24) is 9.97 Å². The quantitative estimate of drug-likeness (QED) is 0.113. The molecule has 5 heteroatoms. The fourth-order valence-corrected chi connectivity index (χ4v) is 16.1. The number of thiophene rings is 1. The summed E-state index contributed by atoms with van der Waals surface area (Å²) in [7, 11) is 0. The minimum atomic E-state index is -0.611. The van der Waals surface area contributed by atoms with Gasteiger partial charge >= 0.3 is 0 Å². The van der Waals surface area contributed by atoms with Gasteiger partial charge in [0.15, 0.2) is 5.69 Å². The molecule has 2 heterocycles. The minimum absolute atomic E-state index is 0.600. The molecule has 87 heavy (non-hydrogen) atoms. The molecule has 402 valence electrons.